The largest absolute Gasteiger partial charge is 0.502 e. The zero-order valence-corrected chi connectivity index (χ0v) is 17.7. The second-order valence-corrected chi connectivity index (χ2v) is 7.25. The number of pyridine rings is 2. The van der Waals surface area contributed by atoms with Crippen molar-refractivity contribution in [2.45, 2.75) is 13.1 Å². The molecule has 0 radical (unpaired) electrons. The second-order valence-electron chi connectivity index (χ2n) is 6.81. The fraction of sp³-hybridized carbons (Fsp3) is 0.143. The van der Waals surface area contributed by atoms with Gasteiger partial charge in [-0.25, -0.2) is 0 Å². The first-order valence-electron chi connectivity index (χ1n) is 9.15. The van der Waals surface area contributed by atoms with Gasteiger partial charge in [0, 0.05) is 48.8 Å². The number of rotatable bonds is 4. The molecule has 3 aromatic rings. The van der Waals surface area contributed by atoms with E-state index in [2.05, 4.69) is 10.3 Å². The number of aromatic hydroxyl groups is 1. The smallest absolute Gasteiger partial charge is 0.274 e. The molecule has 0 fully saturated rings. The molecule has 0 saturated carbocycles. The molecule has 0 atom stereocenters. The molecule has 31 heavy (non-hydrogen) atoms. The van der Waals surface area contributed by atoms with Gasteiger partial charge in [-0.1, -0.05) is 23.7 Å². The highest BCUT2D eigenvalue weighted by molar-refractivity contribution is 6.30. The fourth-order valence-electron chi connectivity index (χ4n) is 3.32. The maximum atomic E-state index is 12.9. The van der Waals surface area contributed by atoms with Gasteiger partial charge < -0.3 is 19.9 Å². The van der Waals surface area contributed by atoms with Crippen LogP contribution in [0.5, 0.6) is 5.75 Å². The molecule has 2 amide bonds. The topological polar surface area (TPSA) is 105 Å². The number of anilines is 1. The standard InChI is InChI=1S/C21H17ClN4O4.ClH/c22-15-3-1-2-13(10-15)11-26-9-8-25-12-16(18(27)19(28)17(25)21(26)30)24-20(29)14-4-6-23-7-5-14;/h1-7,10,12,28H,8-9,11H2,(H,24,29);1H. The third-order valence-electron chi connectivity index (χ3n) is 4.81. The SMILES string of the molecule is Cl.O=C(Nc1cn2c(c(O)c1=O)C(=O)N(Cc1cccc(Cl)c1)CC2)c1ccncc1. The van der Waals surface area contributed by atoms with E-state index < -0.39 is 23.0 Å². The minimum Gasteiger partial charge on any atom is -0.502 e. The van der Waals surface area contributed by atoms with Crippen LogP contribution in [0.25, 0.3) is 0 Å². The quantitative estimate of drug-likeness (QED) is 0.622. The van der Waals surface area contributed by atoms with Gasteiger partial charge in [0.15, 0.2) is 11.4 Å². The van der Waals surface area contributed by atoms with E-state index in [0.29, 0.717) is 30.2 Å². The van der Waals surface area contributed by atoms with E-state index in [1.807, 2.05) is 6.07 Å². The number of benzene rings is 1. The van der Waals surface area contributed by atoms with Crippen molar-refractivity contribution in [2.75, 3.05) is 11.9 Å². The van der Waals surface area contributed by atoms with Gasteiger partial charge in [0.1, 0.15) is 5.69 Å². The summed E-state index contributed by atoms with van der Waals surface area (Å²) in [6, 6.07) is 10.1. The van der Waals surface area contributed by atoms with Gasteiger partial charge in [-0.15, -0.1) is 12.4 Å². The van der Waals surface area contributed by atoms with Crippen molar-refractivity contribution >= 4 is 41.5 Å². The molecule has 0 bridgehead atoms. The lowest BCUT2D eigenvalue weighted by Gasteiger charge is -2.30. The summed E-state index contributed by atoms with van der Waals surface area (Å²) in [5.74, 6) is -1.68. The maximum absolute atomic E-state index is 12.9. The van der Waals surface area contributed by atoms with Crippen molar-refractivity contribution in [3.05, 3.63) is 87.1 Å². The van der Waals surface area contributed by atoms with E-state index >= 15 is 0 Å². The van der Waals surface area contributed by atoms with Crippen LogP contribution in [0.1, 0.15) is 26.4 Å². The van der Waals surface area contributed by atoms with Gasteiger partial charge in [-0.05, 0) is 29.8 Å². The molecule has 10 heteroatoms. The highest BCUT2D eigenvalue weighted by Gasteiger charge is 2.30. The lowest BCUT2D eigenvalue weighted by atomic mass is 10.1. The van der Waals surface area contributed by atoms with Gasteiger partial charge >= 0.3 is 0 Å². The fourth-order valence-corrected chi connectivity index (χ4v) is 3.54. The number of carbonyl (C=O) groups excluding carboxylic acids is 2. The molecule has 0 saturated heterocycles. The van der Waals surface area contributed by atoms with Crippen LogP contribution < -0.4 is 10.7 Å². The van der Waals surface area contributed by atoms with E-state index in [0.717, 1.165) is 5.56 Å². The Morgan fingerprint density at radius 3 is 2.61 bits per heavy atom. The van der Waals surface area contributed by atoms with Gasteiger partial charge in [0.05, 0.1) is 0 Å². The molecule has 0 unspecified atom stereocenters. The highest BCUT2D eigenvalue weighted by atomic mass is 35.5. The molecular weight excluding hydrogens is 443 g/mol. The van der Waals surface area contributed by atoms with E-state index in [1.54, 1.807) is 18.2 Å². The minimum absolute atomic E-state index is 0. The van der Waals surface area contributed by atoms with Gasteiger partial charge in [-0.2, -0.15) is 0 Å². The van der Waals surface area contributed by atoms with Crippen molar-refractivity contribution in [1.82, 2.24) is 14.5 Å². The summed E-state index contributed by atoms with van der Waals surface area (Å²) in [7, 11) is 0. The first-order valence-corrected chi connectivity index (χ1v) is 9.53. The molecule has 1 aromatic carbocycles. The monoisotopic (exact) mass is 460 g/mol. The molecule has 1 aliphatic heterocycles. The number of hydrogen-bond acceptors (Lipinski definition) is 5. The van der Waals surface area contributed by atoms with Crippen LogP contribution in [-0.4, -0.2) is 37.9 Å². The van der Waals surface area contributed by atoms with Gasteiger partial charge in [0.25, 0.3) is 11.8 Å². The number of nitrogens with one attached hydrogen (secondary N) is 1. The number of hydrogen-bond donors (Lipinski definition) is 2. The predicted octanol–water partition coefficient (Wildman–Crippen LogP) is 2.93. The highest BCUT2D eigenvalue weighted by Crippen LogP contribution is 2.24. The third-order valence-corrected chi connectivity index (χ3v) is 5.05. The Morgan fingerprint density at radius 1 is 1.16 bits per heavy atom. The van der Waals surface area contributed by atoms with Crippen LogP contribution in [0.2, 0.25) is 5.02 Å². The predicted molar refractivity (Wildman–Crippen MR) is 118 cm³/mol. The lowest BCUT2D eigenvalue weighted by Crippen LogP contribution is -2.41. The maximum Gasteiger partial charge on any atom is 0.274 e. The van der Waals surface area contributed by atoms with Crippen molar-refractivity contribution in [3.63, 3.8) is 0 Å². The Bertz CT molecular complexity index is 1200. The molecule has 2 aromatic heterocycles. The molecule has 1 aliphatic rings. The number of fused-ring (bicyclic) bond motifs is 1. The Balaban J connectivity index is 0.00000272. The summed E-state index contributed by atoms with van der Waals surface area (Å²) in [5, 5.41) is 13.5. The molecule has 8 nitrogen and oxygen atoms in total. The van der Waals surface area contributed by atoms with Crippen LogP contribution >= 0.6 is 24.0 Å². The molecule has 0 aliphatic carbocycles. The van der Waals surface area contributed by atoms with E-state index in [1.165, 1.54) is 40.2 Å². The van der Waals surface area contributed by atoms with Crippen LogP contribution in [0.15, 0.2) is 59.8 Å². The molecular formula is C21H18Cl2N4O4. The van der Waals surface area contributed by atoms with Crippen molar-refractivity contribution in [2.24, 2.45) is 0 Å². The Labute approximate surface area is 188 Å². The van der Waals surface area contributed by atoms with Crippen LogP contribution in [0.4, 0.5) is 5.69 Å². The minimum atomic E-state index is -0.818. The molecule has 160 valence electrons. The number of aromatic nitrogens is 2. The zero-order chi connectivity index (χ0) is 21.3. The van der Waals surface area contributed by atoms with Crippen molar-refractivity contribution in [3.8, 4) is 5.75 Å². The van der Waals surface area contributed by atoms with Crippen molar-refractivity contribution < 1.29 is 14.7 Å². The number of nitrogens with zero attached hydrogens (tertiary/aromatic N) is 3. The summed E-state index contributed by atoms with van der Waals surface area (Å²) in [6.07, 6.45) is 4.30. The van der Waals surface area contributed by atoms with Crippen LogP contribution in [0.3, 0.4) is 0 Å². The van der Waals surface area contributed by atoms with Crippen molar-refractivity contribution in [1.29, 1.82) is 0 Å². The molecule has 4 rings (SSSR count). The second kappa shape index (κ2) is 9.20. The number of carbonyl (C=O) groups is 2. The number of amides is 2. The molecule has 2 N–H and O–H groups in total. The Morgan fingerprint density at radius 2 is 1.90 bits per heavy atom. The summed E-state index contributed by atoms with van der Waals surface area (Å²) < 4.78 is 1.48. The van der Waals surface area contributed by atoms with E-state index in [-0.39, 0.29) is 23.8 Å². The molecule has 0 spiro atoms. The average Bonchev–Trinajstić information content (AvgIpc) is 2.74. The summed E-state index contributed by atoms with van der Waals surface area (Å²) in [5.41, 5.74) is 0.133. The van der Waals surface area contributed by atoms with Gasteiger partial charge in [0.2, 0.25) is 5.43 Å². The van der Waals surface area contributed by atoms with E-state index in [9.17, 15) is 19.5 Å². The molecule has 3 heterocycles. The first-order chi connectivity index (χ1) is 14.4. The van der Waals surface area contributed by atoms with E-state index in [4.69, 9.17) is 11.6 Å². The Hall–Kier alpha value is -3.36. The summed E-state index contributed by atoms with van der Waals surface area (Å²) >= 11 is 6.00. The van der Waals surface area contributed by atoms with Crippen LogP contribution in [0, 0.1) is 0 Å². The third kappa shape index (κ3) is 4.55. The Kier molecular flexibility index (Phi) is 6.62. The summed E-state index contributed by atoms with van der Waals surface area (Å²) in [4.78, 5) is 43.2. The first kappa shape index (κ1) is 22.3. The number of halogens is 2. The zero-order valence-electron chi connectivity index (χ0n) is 16.1. The lowest BCUT2D eigenvalue weighted by molar-refractivity contribution is 0.0683. The normalized spacial score (nSPS) is 12.7. The van der Waals surface area contributed by atoms with Gasteiger partial charge in [-0.3, -0.25) is 19.4 Å². The summed E-state index contributed by atoms with van der Waals surface area (Å²) in [6.45, 7) is 1.03. The average molecular weight is 461 g/mol. The van der Waals surface area contributed by atoms with Crippen LogP contribution in [-0.2, 0) is 13.1 Å².